The highest BCUT2D eigenvalue weighted by Crippen LogP contribution is 2.38. The first-order valence-electron chi connectivity index (χ1n) is 7.04. The Labute approximate surface area is 128 Å². The van der Waals surface area contributed by atoms with Crippen LogP contribution in [0.15, 0.2) is 42.5 Å². The largest absolute Gasteiger partial charge is 0.504 e. The zero-order valence-electron chi connectivity index (χ0n) is 12.5. The molecule has 112 valence electrons. The van der Waals surface area contributed by atoms with Gasteiger partial charge in [0.15, 0.2) is 17.3 Å². The first-order valence-corrected chi connectivity index (χ1v) is 7.04. The Hall–Kier alpha value is -2.75. The van der Waals surface area contributed by atoms with Gasteiger partial charge < -0.3 is 15.1 Å². The quantitative estimate of drug-likeness (QED) is 0.836. The standard InChI is InChI=1S/C18H17NO3/c1-19(2)13-5-3-11(4-6-13)12-9-15-14(17(21)10-12)7-8-16(20)18(15)22/h3-8,10,20,22H,9H2,1-2H3. The summed E-state index contributed by atoms with van der Waals surface area (Å²) >= 11 is 0. The highest BCUT2D eigenvalue weighted by molar-refractivity contribution is 6.12. The number of anilines is 1. The van der Waals surface area contributed by atoms with Crippen molar-refractivity contribution in [2.75, 3.05) is 19.0 Å². The summed E-state index contributed by atoms with van der Waals surface area (Å²) in [6.07, 6.45) is 2.02. The van der Waals surface area contributed by atoms with Crippen molar-refractivity contribution in [2.45, 2.75) is 6.42 Å². The second-order valence-electron chi connectivity index (χ2n) is 5.61. The summed E-state index contributed by atoms with van der Waals surface area (Å²) in [5.74, 6) is -0.555. The highest BCUT2D eigenvalue weighted by Gasteiger charge is 2.23. The fraction of sp³-hybridized carbons (Fsp3) is 0.167. The van der Waals surface area contributed by atoms with Gasteiger partial charge in [-0.05, 0) is 41.5 Å². The lowest BCUT2D eigenvalue weighted by Crippen LogP contribution is -2.10. The van der Waals surface area contributed by atoms with Crippen molar-refractivity contribution in [1.29, 1.82) is 0 Å². The lowest BCUT2D eigenvalue weighted by molar-refractivity contribution is 0.104. The third-order valence-corrected chi connectivity index (χ3v) is 3.95. The zero-order chi connectivity index (χ0) is 15.9. The molecule has 0 amide bonds. The number of benzene rings is 2. The van der Waals surface area contributed by atoms with Crippen molar-refractivity contribution in [2.24, 2.45) is 0 Å². The maximum atomic E-state index is 12.2. The molecule has 1 aliphatic rings. The van der Waals surface area contributed by atoms with Crippen LogP contribution in [-0.4, -0.2) is 30.1 Å². The number of phenolic OH excluding ortho intramolecular Hbond substituents is 2. The lowest BCUT2D eigenvalue weighted by atomic mass is 9.86. The summed E-state index contributed by atoms with van der Waals surface area (Å²) in [5, 5.41) is 19.6. The van der Waals surface area contributed by atoms with Gasteiger partial charge in [0.1, 0.15) is 0 Å². The van der Waals surface area contributed by atoms with Gasteiger partial charge in [-0.25, -0.2) is 0 Å². The van der Waals surface area contributed by atoms with Gasteiger partial charge >= 0.3 is 0 Å². The van der Waals surface area contributed by atoms with Crippen LogP contribution in [0.1, 0.15) is 21.5 Å². The van der Waals surface area contributed by atoms with E-state index in [1.54, 1.807) is 12.1 Å². The van der Waals surface area contributed by atoms with Gasteiger partial charge in [0, 0.05) is 37.3 Å². The Balaban J connectivity index is 2.00. The Morgan fingerprint density at radius 2 is 1.68 bits per heavy atom. The minimum Gasteiger partial charge on any atom is -0.504 e. The smallest absolute Gasteiger partial charge is 0.186 e. The monoisotopic (exact) mass is 295 g/mol. The molecule has 0 spiro atoms. The molecule has 0 radical (unpaired) electrons. The summed E-state index contributed by atoms with van der Waals surface area (Å²) in [6, 6.07) is 10.8. The zero-order valence-corrected chi connectivity index (χ0v) is 12.5. The molecule has 0 aliphatic heterocycles. The van der Waals surface area contributed by atoms with Crippen LogP contribution in [0.5, 0.6) is 11.5 Å². The fourth-order valence-corrected chi connectivity index (χ4v) is 2.67. The summed E-state index contributed by atoms with van der Waals surface area (Å²) < 4.78 is 0. The Morgan fingerprint density at radius 3 is 2.32 bits per heavy atom. The molecule has 0 saturated heterocycles. The Kier molecular flexibility index (Phi) is 3.37. The van der Waals surface area contributed by atoms with E-state index in [0.717, 1.165) is 16.8 Å². The number of fused-ring (bicyclic) bond motifs is 1. The normalized spacial score (nSPS) is 13.5. The third kappa shape index (κ3) is 2.33. The molecule has 0 heterocycles. The first-order chi connectivity index (χ1) is 10.5. The number of aromatic hydroxyl groups is 2. The minimum atomic E-state index is -0.207. The molecule has 3 rings (SSSR count). The molecule has 2 N–H and O–H groups in total. The summed E-state index contributed by atoms with van der Waals surface area (Å²) in [4.78, 5) is 14.2. The number of phenols is 2. The maximum absolute atomic E-state index is 12.2. The van der Waals surface area contributed by atoms with Crippen molar-refractivity contribution in [3.63, 3.8) is 0 Å². The van der Waals surface area contributed by atoms with E-state index in [4.69, 9.17) is 0 Å². The highest BCUT2D eigenvalue weighted by atomic mass is 16.3. The van der Waals surface area contributed by atoms with Gasteiger partial charge in [-0.2, -0.15) is 0 Å². The van der Waals surface area contributed by atoms with Crippen LogP contribution in [-0.2, 0) is 6.42 Å². The number of carbonyl (C=O) groups excluding carboxylic acids is 1. The molecule has 0 aromatic heterocycles. The molecule has 1 aliphatic carbocycles. The number of nitrogens with zero attached hydrogens (tertiary/aromatic N) is 1. The Bertz CT molecular complexity index is 774. The number of hydrogen-bond acceptors (Lipinski definition) is 4. The molecule has 4 nitrogen and oxygen atoms in total. The van der Waals surface area contributed by atoms with Gasteiger partial charge in [0.25, 0.3) is 0 Å². The predicted octanol–water partition coefficient (Wildman–Crippen LogP) is 2.99. The second-order valence-corrected chi connectivity index (χ2v) is 5.61. The van der Waals surface area contributed by atoms with Crippen molar-refractivity contribution in [1.82, 2.24) is 0 Å². The van der Waals surface area contributed by atoms with E-state index in [9.17, 15) is 15.0 Å². The number of carbonyl (C=O) groups is 1. The molecular formula is C18H17NO3. The van der Waals surface area contributed by atoms with Gasteiger partial charge in [-0.15, -0.1) is 0 Å². The molecule has 0 bridgehead atoms. The van der Waals surface area contributed by atoms with Crippen LogP contribution in [0.25, 0.3) is 5.57 Å². The van der Waals surface area contributed by atoms with E-state index in [2.05, 4.69) is 0 Å². The van der Waals surface area contributed by atoms with E-state index < -0.39 is 0 Å². The maximum Gasteiger partial charge on any atom is 0.186 e. The fourth-order valence-electron chi connectivity index (χ4n) is 2.67. The van der Waals surface area contributed by atoms with Crippen LogP contribution < -0.4 is 4.90 Å². The van der Waals surface area contributed by atoms with Gasteiger partial charge in [0.05, 0.1) is 0 Å². The van der Waals surface area contributed by atoms with Crippen molar-refractivity contribution in [3.8, 4) is 11.5 Å². The van der Waals surface area contributed by atoms with Gasteiger partial charge in [-0.1, -0.05) is 12.1 Å². The molecule has 22 heavy (non-hydrogen) atoms. The SMILES string of the molecule is CN(C)c1ccc(C2=CC(=O)c3ccc(O)c(O)c3C2)cc1. The number of allylic oxidation sites excluding steroid dienone is 2. The van der Waals surface area contributed by atoms with E-state index in [0.29, 0.717) is 17.5 Å². The third-order valence-electron chi connectivity index (χ3n) is 3.95. The molecule has 4 heteroatoms. The first kappa shape index (κ1) is 14.2. The topological polar surface area (TPSA) is 60.8 Å². The summed E-state index contributed by atoms with van der Waals surface area (Å²) in [7, 11) is 3.94. The average molecular weight is 295 g/mol. The molecule has 2 aromatic rings. The number of rotatable bonds is 2. The minimum absolute atomic E-state index is 0.150. The summed E-state index contributed by atoms with van der Waals surface area (Å²) in [6.45, 7) is 0. The van der Waals surface area contributed by atoms with E-state index in [1.807, 2.05) is 43.3 Å². The van der Waals surface area contributed by atoms with Crippen LogP contribution in [0.3, 0.4) is 0 Å². The molecule has 0 saturated carbocycles. The van der Waals surface area contributed by atoms with Gasteiger partial charge in [0.2, 0.25) is 0 Å². The van der Waals surface area contributed by atoms with Crippen LogP contribution in [0, 0.1) is 0 Å². The molecule has 0 atom stereocenters. The number of hydrogen-bond donors (Lipinski definition) is 2. The summed E-state index contributed by atoms with van der Waals surface area (Å²) in [5.41, 5.74) is 3.78. The van der Waals surface area contributed by atoms with Crippen molar-refractivity contribution < 1.29 is 15.0 Å². The van der Waals surface area contributed by atoms with Crippen molar-refractivity contribution in [3.05, 3.63) is 59.2 Å². The van der Waals surface area contributed by atoms with Crippen LogP contribution >= 0.6 is 0 Å². The Morgan fingerprint density at radius 1 is 1.00 bits per heavy atom. The van der Waals surface area contributed by atoms with Crippen LogP contribution in [0.4, 0.5) is 5.69 Å². The van der Waals surface area contributed by atoms with E-state index in [1.165, 1.54) is 6.07 Å². The molecule has 0 fully saturated rings. The average Bonchev–Trinajstić information content (AvgIpc) is 2.51. The molecular weight excluding hydrogens is 278 g/mol. The van der Waals surface area contributed by atoms with E-state index in [-0.39, 0.29) is 17.3 Å². The predicted molar refractivity (Wildman–Crippen MR) is 86.6 cm³/mol. The molecule has 2 aromatic carbocycles. The van der Waals surface area contributed by atoms with E-state index >= 15 is 0 Å². The second kappa shape index (κ2) is 5.22. The molecule has 0 unspecified atom stereocenters. The van der Waals surface area contributed by atoms with Crippen molar-refractivity contribution >= 4 is 17.0 Å². The number of ketones is 1. The van der Waals surface area contributed by atoms with Gasteiger partial charge in [-0.3, -0.25) is 4.79 Å². The lowest BCUT2D eigenvalue weighted by Gasteiger charge is -2.19. The van der Waals surface area contributed by atoms with Crippen LogP contribution in [0.2, 0.25) is 0 Å².